The third-order valence-corrected chi connectivity index (χ3v) is 1.24. The molecule has 0 unspecified atom stereocenters. The van der Waals surface area contributed by atoms with Crippen molar-refractivity contribution in [3.05, 3.63) is 23.2 Å². The first-order chi connectivity index (χ1) is 4.77. The Morgan fingerprint density at radius 1 is 1.80 bits per heavy atom. The van der Waals surface area contributed by atoms with Gasteiger partial charge in [0.25, 0.3) is 0 Å². The van der Waals surface area contributed by atoms with Gasteiger partial charge in [-0.15, -0.1) is 0 Å². The standard InChI is InChI=1S/C7H8O3/c1-5-2-6(3-8)7(4-9)10-5/h2-3,9H,4H2,1H3. The molecule has 0 atom stereocenters. The molecule has 54 valence electrons. The zero-order chi connectivity index (χ0) is 7.56. The minimum atomic E-state index is -0.220. The SMILES string of the molecule is Cc1cc(C=O)c(CO)o1. The molecule has 0 aliphatic rings. The first kappa shape index (κ1) is 7.02. The van der Waals surface area contributed by atoms with Crippen LogP contribution in [0.2, 0.25) is 0 Å². The number of aliphatic hydroxyl groups is 1. The van der Waals surface area contributed by atoms with E-state index >= 15 is 0 Å². The van der Waals surface area contributed by atoms with Gasteiger partial charge in [-0.1, -0.05) is 0 Å². The maximum Gasteiger partial charge on any atom is 0.153 e. The Kier molecular flexibility index (Phi) is 1.87. The van der Waals surface area contributed by atoms with Crippen molar-refractivity contribution >= 4 is 6.29 Å². The van der Waals surface area contributed by atoms with E-state index < -0.39 is 0 Å². The van der Waals surface area contributed by atoms with E-state index in [0.717, 1.165) is 0 Å². The van der Waals surface area contributed by atoms with Gasteiger partial charge < -0.3 is 9.52 Å². The Bertz CT molecular complexity index is 237. The number of aldehydes is 1. The number of furan rings is 1. The van der Waals surface area contributed by atoms with E-state index in [4.69, 9.17) is 9.52 Å². The molecule has 1 heterocycles. The van der Waals surface area contributed by atoms with Crippen LogP contribution in [0.5, 0.6) is 0 Å². The highest BCUT2D eigenvalue weighted by Gasteiger charge is 2.05. The lowest BCUT2D eigenvalue weighted by Crippen LogP contribution is -1.84. The third-order valence-electron chi connectivity index (χ3n) is 1.24. The van der Waals surface area contributed by atoms with Gasteiger partial charge in [0.05, 0.1) is 5.56 Å². The van der Waals surface area contributed by atoms with E-state index in [1.807, 2.05) is 0 Å². The summed E-state index contributed by atoms with van der Waals surface area (Å²) in [7, 11) is 0. The Morgan fingerprint density at radius 2 is 2.50 bits per heavy atom. The second kappa shape index (κ2) is 2.66. The molecule has 0 aliphatic heterocycles. The molecule has 0 fully saturated rings. The summed E-state index contributed by atoms with van der Waals surface area (Å²) in [5, 5.41) is 8.61. The third kappa shape index (κ3) is 1.09. The topological polar surface area (TPSA) is 50.4 Å². The second-order valence-corrected chi connectivity index (χ2v) is 2.01. The van der Waals surface area contributed by atoms with E-state index in [1.165, 1.54) is 0 Å². The molecule has 0 radical (unpaired) electrons. The van der Waals surface area contributed by atoms with Gasteiger partial charge in [-0.3, -0.25) is 4.79 Å². The Balaban J connectivity index is 3.08. The van der Waals surface area contributed by atoms with Crippen molar-refractivity contribution in [2.24, 2.45) is 0 Å². The fraction of sp³-hybridized carbons (Fsp3) is 0.286. The molecule has 0 spiro atoms. The van der Waals surface area contributed by atoms with E-state index in [2.05, 4.69) is 0 Å². The fourth-order valence-corrected chi connectivity index (χ4v) is 0.806. The number of hydrogen-bond donors (Lipinski definition) is 1. The molecule has 1 aromatic heterocycles. The minimum absolute atomic E-state index is 0.220. The van der Waals surface area contributed by atoms with E-state index in [-0.39, 0.29) is 6.61 Å². The lowest BCUT2D eigenvalue weighted by atomic mass is 10.3. The van der Waals surface area contributed by atoms with Crippen molar-refractivity contribution in [3.63, 3.8) is 0 Å². The molecule has 10 heavy (non-hydrogen) atoms. The molecule has 3 heteroatoms. The molecular weight excluding hydrogens is 132 g/mol. The molecule has 0 bridgehead atoms. The summed E-state index contributed by atoms with van der Waals surface area (Å²) in [6.07, 6.45) is 0.669. The number of carbonyl (C=O) groups is 1. The smallest absolute Gasteiger partial charge is 0.153 e. The zero-order valence-electron chi connectivity index (χ0n) is 5.63. The van der Waals surface area contributed by atoms with Crippen LogP contribution in [0.3, 0.4) is 0 Å². The van der Waals surface area contributed by atoms with Gasteiger partial charge in [-0.2, -0.15) is 0 Å². The predicted molar refractivity (Wildman–Crippen MR) is 34.8 cm³/mol. The highest BCUT2D eigenvalue weighted by atomic mass is 16.4. The molecule has 0 aromatic carbocycles. The molecule has 0 saturated carbocycles. The predicted octanol–water partition coefficient (Wildman–Crippen LogP) is 0.893. The average Bonchev–Trinajstić information content (AvgIpc) is 2.30. The number of hydrogen-bond acceptors (Lipinski definition) is 3. The van der Waals surface area contributed by atoms with Gasteiger partial charge in [-0.05, 0) is 13.0 Å². The van der Waals surface area contributed by atoms with Crippen LogP contribution >= 0.6 is 0 Å². The average molecular weight is 140 g/mol. The minimum Gasteiger partial charge on any atom is -0.463 e. The highest BCUT2D eigenvalue weighted by molar-refractivity contribution is 5.76. The van der Waals surface area contributed by atoms with Crippen LogP contribution in [0.4, 0.5) is 0 Å². The lowest BCUT2D eigenvalue weighted by Gasteiger charge is -1.86. The maximum atomic E-state index is 10.2. The van der Waals surface area contributed by atoms with Crippen LogP contribution in [0.25, 0.3) is 0 Å². The number of rotatable bonds is 2. The van der Waals surface area contributed by atoms with Gasteiger partial charge in [0.1, 0.15) is 18.1 Å². The monoisotopic (exact) mass is 140 g/mol. The van der Waals surface area contributed by atoms with Gasteiger partial charge in [0.2, 0.25) is 0 Å². The molecule has 1 aromatic rings. The normalized spacial score (nSPS) is 9.80. The number of aryl methyl sites for hydroxylation is 1. The molecule has 0 saturated heterocycles. The van der Waals surface area contributed by atoms with Crippen molar-refractivity contribution in [2.75, 3.05) is 0 Å². The van der Waals surface area contributed by atoms with Crippen molar-refractivity contribution in [1.82, 2.24) is 0 Å². The second-order valence-electron chi connectivity index (χ2n) is 2.01. The molecule has 0 aliphatic carbocycles. The van der Waals surface area contributed by atoms with Crippen molar-refractivity contribution < 1.29 is 14.3 Å². The number of carbonyl (C=O) groups excluding carboxylic acids is 1. The first-order valence-corrected chi connectivity index (χ1v) is 2.93. The summed E-state index contributed by atoms with van der Waals surface area (Å²) >= 11 is 0. The van der Waals surface area contributed by atoms with E-state index in [1.54, 1.807) is 13.0 Å². The van der Waals surface area contributed by atoms with Crippen molar-refractivity contribution in [1.29, 1.82) is 0 Å². The van der Waals surface area contributed by atoms with Crippen LogP contribution in [-0.2, 0) is 6.61 Å². The number of aliphatic hydroxyl groups excluding tert-OH is 1. The summed E-state index contributed by atoms with van der Waals surface area (Å²) in [5.41, 5.74) is 0.431. The maximum absolute atomic E-state index is 10.2. The summed E-state index contributed by atoms with van der Waals surface area (Å²) in [4.78, 5) is 10.2. The molecule has 1 N–H and O–H groups in total. The van der Waals surface area contributed by atoms with Crippen molar-refractivity contribution in [3.8, 4) is 0 Å². The quantitative estimate of drug-likeness (QED) is 0.620. The molecule has 3 nitrogen and oxygen atoms in total. The summed E-state index contributed by atoms with van der Waals surface area (Å²) in [6.45, 7) is 1.51. The van der Waals surface area contributed by atoms with Crippen LogP contribution in [0, 0.1) is 6.92 Å². The van der Waals surface area contributed by atoms with Gasteiger partial charge in [0.15, 0.2) is 6.29 Å². The Labute approximate surface area is 58.3 Å². The largest absolute Gasteiger partial charge is 0.463 e. The summed E-state index contributed by atoms with van der Waals surface area (Å²) in [5.74, 6) is 0.985. The van der Waals surface area contributed by atoms with Gasteiger partial charge in [-0.25, -0.2) is 0 Å². The van der Waals surface area contributed by atoms with Crippen LogP contribution in [-0.4, -0.2) is 11.4 Å². The van der Waals surface area contributed by atoms with E-state index in [9.17, 15) is 4.79 Å². The van der Waals surface area contributed by atoms with E-state index in [0.29, 0.717) is 23.4 Å². The van der Waals surface area contributed by atoms with Gasteiger partial charge in [0, 0.05) is 0 Å². The molecular formula is C7H8O3. The summed E-state index contributed by atoms with van der Waals surface area (Å²) < 4.78 is 4.97. The van der Waals surface area contributed by atoms with Gasteiger partial charge >= 0.3 is 0 Å². The van der Waals surface area contributed by atoms with Crippen LogP contribution in [0.15, 0.2) is 10.5 Å². The Hall–Kier alpha value is -1.09. The van der Waals surface area contributed by atoms with Crippen LogP contribution < -0.4 is 0 Å². The van der Waals surface area contributed by atoms with Crippen LogP contribution in [0.1, 0.15) is 21.9 Å². The lowest BCUT2D eigenvalue weighted by molar-refractivity contribution is 0.111. The van der Waals surface area contributed by atoms with Crippen molar-refractivity contribution in [2.45, 2.75) is 13.5 Å². The highest BCUT2D eigenvalue weighted by Crippen LogP contribution is 2.11. The Morgan fingerprint density at radius 3 is 2.90 bits per heavy atom. The molecule has 0 amide bonds. The summed E-state index contributed by atoms with van der Waals surface area (Å²) in [6, 6.07) is 1.60. The fourth-order valence-electron chi connectivity index (χ4n) is 0.806. The zero-order valence-corrected chi connectivity index (χ0v) is 5.63. The molecule has 1 rings (SSSR count). The first-order valence-electron chi connectivity index (χ1n) is 2.93.